The predicted molar refractivity (Wildman–Crippen MR) is 73.3 cm³/mol. The third kappa shape index (κ3) is 3.09. The lowest BCUT2D eigenvalue weighted by atomic mass is 9.74. The Balaban J connectivity index is 1.89. The number of thiazole rings is 1. The molecule has 0 aromatic carbocycles. The van der Waals surface area contributed by atoms with Crippen LogP contribution in [-0.4, -0.2) is 24.0 Å². The van der Waals surface area contributed by atoms with E-state index < -0.39 is 0 Å². The molecule has 5 heteroatoms. The average Bonchev–Trinajstić information content (AvgIpc) is 2.90. The number of nitrogens with one attached hydrogen (secondary N) is 2. The van der Waals surface area contributed by atoms with Gasteiger partial charge in [0.25, 0.3) is 0 Å². The van der Waals surface area contributed by atoms with Gasteiger partial charge in [-0.15, -0.1) is 11.3 Å². The first-order valence-corrected chi connectivity index (χ1v) is 7.35. The van der Waals surface area contributed by atoms with Crippen molar-refractivity contribution >= 4 is 17.2 Å². The first-order valence-electron chi connectivity index (χ1n) is 6.47. The minimum atomic E-state index is -0.307. The zero-order chi connectivity index (χ0) is 13.0. The fraction of sp³-hybridized carbons (Fsp3) is 0.692. The van der Waals surface area contributed by atoms with Crippen molar-refractivity contribution in [3.8, 4) is 0 Å². The van der Waals surface area contributed by atoms with Crippen molar-refractivity contribution in [3.05, 3.63) is 16.6 Å². The van der Waals surface area contributed by atoms with Gasteiger partial charge in [0.2, 0.25) is 5.91 Å². The maximum Gasteiger partial charge on any atom is 0.226 e. The maximum absolute atomic E-state index is 12.3. The molecule has 1 amide bonds. The topological polar surface area (TPSA) is 54.0 Å². The highest BCUT2D eigenvalue weighted by atomic mass is 32.1. The third-order valence-corrected chi connectivity index (χ3v) is 4.59. The fourth-order valence-corrected chi connectivity index (χ4v) is 2.91. The minimum absolute atomic E-state index is 0.143. The van der Waals surface area contributed by atoms with Crippen LogP contribution in [0.3, 0.4) is 0 Å². The van der Waals surface area contributed by atoms with Gasteiger partial charge < -0.3 is 10.6 Å². The lowest BCUT2D eigenvalue weighted by molar-refractivity contribution is -0.132. The molecule has 1 aliphatic heterocycles. The molecule has 0 aliphatic carbocycles. The van der Waals surface area contributed by atoms with E-state index in [9.17, 15) is 4.79 Å². The van der Waals surface area contributed by atoms with Crippen LogP contribution < -0.4 is 10.6 Å². The summed E-state index contributed by atoms with van der Waals surface area (Å²) in [4.78, 5) is 17.4. The van der Waals surface area contributed by atoms with Crippen LogP contribution in [0.25, 0.3) is 0 Å². The van der Waals surface area contributed by atoms with Crippen LogP contribution in [0.5, 0.6) is 0 Å². The molecule has 1 aromatic rings. The van der Waals surface area contributed by atoms with Gasteiger partial charge in [-0.25, -0.2) is 0 Å². The first-order chi connectivity index (χ1) is 8.60. The van der Waals surface area contributed by atoms with Crippen molar-refractivity contribution < 1.29 is 4.79 Å². The highest BCUT2D eigenvalue weighted by Crippen LogP contribution is 2.32. The van der Waals surface area contributed by atoms with Crippen LogP contribution in [0.1, 0.15) is 31.6 Å². The van der Waals surface area contributed by atoms with Gasteiger partial charge >= 0.3 is 0 Å². The number of carbonyl (C=O) groups is 1. The Morgan fingerprint density at radius 3 is 3.11 bits per heavy atom. The van der Waals surface area contributed by atoms with Gasteiger partial charge in [-0.1, -0.05) is 13.8 Å². The van der Waals surface area contributed by atoms with Crippen molar-refractivity contribution in [2.24, 2.45) is 11.3 Å². The molecule has 0 saturated carbocycles. The highest BCUT2D eigenvalue weighted by Gasteiger charge is 2.36. The van der Waals surface area contributed by atoms with Gasteiger partial charge in [0.1, 0.15) is 0 Å². The summed E-state index contributed by atoms with van der Waals surface area (Å²) in [6, 6.07) is 0. The number of rotatable bonds is 4. The maximum atomic E-state index is 12.3. The summed E-state index contributed by atoms with van der Waals surface area (Å²) in [7, 11) is 0. The Hall–Kier alpha value is -0.940. The molecule has 1 atom stereocenters. The zero-order valence-corrected chi connectivity index (χ0v) is 11.8. The smallest absolute Gasteiger partial charge is 0.226 e. The molecule has 100 valence electrons. The number of carbonyl (C=O) groups excluding carboxylic acids is 1. The van der Waals surface area contributed by atoms with E-state index in [0.717, 1.165) is 30.8 Å². The Morgan fingerprint density at radius 1 is 1.67 bits per heavy atom. The van der Waals surface area contributed by atoms with E-state index in [-0.39, 0.29) is 11.3 Å². The van der Waals surface area contributed by atoms with Crippen molar-refractivity contribution in [2.45, 2.75) is 33.2 Å². The molecule has 2 rings (SSSR count). The van der Waals surface area contributed by atoms with Gasteiger partial charge in [0.15, 0.2) is 0 Å². The van der Waals surface area contributed by atoms with Crippen molar-refractivity contribution in [3.63, 3.8) is 0 Å². The van der Waals surface area contributed by atoms with E-state index in [1.54, 1.807) is 23.0 Å². The SMILES string of the molecule is CC(C)(C(=O)NCc1cncs1)C1CCCNC1. The number of amides is 1. The third-order valence-electron chi connectivity index (χ3n) is 3.81. The lowest BCUT2D eigenvalue weighted by Gasteiger charge is -2.36. The summed E-state index contributed by atoms with van der Waals surface area (Å²) in [5, 5.41) is 6.40. The second-order valence-electron chi connectivity index (χ2n) is 5.42. The Bertz CT molecular complexity index is 383. The molecule has 2 heterocycles. The van der Waals surface area contributed by atoms with Gasteiger partial charge in [0, 0.05) is 16.5 Å². The Morgan fingerprint density at radius 2 is 2.50 bits per heavy atom. The minimum Gasteiger partial charge on any atom is -0.351 e. The molecule has 1 unspecified atom stereocenters. The Kier molecular flexibility index (Phi) is 4.35. The summed E-state index contributed by atoms with van der Waals surface area (Å²) in [5.74, 6) is 0.567. The zero-order valence-electron chi connectivity index (χ0n) is 11.0. The highest BCUT2D eigenvalue weighted by molar-refractivity contribution is 7.09. The van der Waals surface area contributed by atoms with Crippen LogP contribution in [0, 0.1) is 11.3 Å². The van der Waals surface area contributed by atoms with E-state index >= 15 is 0 Å². The molecule has 1 aliphatic rings. The summed E-state index contributed by atoms with van der Waals surface area (Å²) in [6.45, 7) is 6.71. The van der Waals surface area contributed by atoms with Gasteiger partial charge in [0.05, 0.1) is 12.1 Å². The quantitative estimate of drug-likeness (QED) is 0.874. The Labute approximate surface area is 112 Å². The van der Waals surface area contributed by atoms with Crippen molar-refractivity contribution in [1.82, 2.24) is 15.6 Å². The lowest BCUT2D eigenvalue weighted by Crippen LogP contribution is -2.47. The molecule has 0 bridgehead atoms. The van der Waals surface area contributed by atoms with E-state index in [4.69, 9.17) is 0 Å². The summed E-state index contributed by atoms with van der Waals surface area (Å²) in [5.41, 5.74) is 1.48. The molecule has 0 radical (unpaired) electrons. The summed E-state index contributed by atoms with van der Waals surface area (Å²) in [6.07, 6.45) is 4.10. The molecule has 1 saturated heterocycles. The summed E-state index contributed by atoms with van der Waals surface area (Å²) < 4.78 is 0. The normalized spacial score (nSPS) is 20.7. The fourth-order valence-electron chi connectivity index (χ4n) is 2.38. The first kappa shape index (κ1) is 13.5. The van der Waals surface area contributed by atoms with E-state index in [0.29, 0.717) is 12.5 Å². The molecule has 1 aromatic heterocycles. The van der Waals surface area contributed by atoms with Gasteiger partial charge in [-0.3, -0.25) is 9.78 Å². The second kappa shape index (κ2) is 5.80. The molecule has 18 heavy (non-hydrogen) atoms. The predicted octanol–water partition coefficient (Wildman–Crippen LogP) is 1.79. The molecule has 4 nitrogen and oxygen atoms in total. The molecular formula is C13H21N3OS. The molecular weight excluding hydrogens is 246 g/mol. The number of hydrogen-bond acceptors (Lipinski definition) is 4. The van der Waals surface area contributed by atoms with Crippen LogP contribution in [0.2, 0.25) is 0 Å². The van der Waals surface area contributed by atoms with Gasteiger partial charge in [-0.05, 0) is 31.8 Å². The van der Waals surface area contributed by atoms with Crippen molar-refractivity contribution in [2.75, 3.05) is 13.1 Å². The second-order valence-corrected chi connectivity index (χ2v) is 6.39. The van der Waals surface area contributed by atoms with E-state index in [1.165, 1.54) is 0 Å². The van der Waals surface area contributed by atoms with E-state index in [2.05, 4.69) is 15.6 Å². The molecule has 0 spiro atoms. The van der Waals surface area contributed by atoms with Crippen LogP contribution in [0.4, 0.5) is 0 Å². The van der Waals surface area contributed by atoms with Gasteiger partial charge in [-0.2, -0.15) is 0 Å². The number of aromatic nitrogens is 1. The van der Waals surface area contributed by atoms with Crippen LogP contribution in [-0.2, 0) is 11.3 Å². The van der Waals surface area contributed by atoms with Crippen molar-refractivity contribution in [1.29, 1.82) is 0 Å². The standard InChI is InChI=1S/C13H21N3OS/c1-13(2,10-4-3-5-14-6-10)12(17)16-8-11-7-15-9-18-11/h7,9-10,14H,3-6,8H2,1-2H3,(H,16,17). The summed E-state index contributed by atoms with van der Waals surface area (Å²) >= 11 is 1.57. The van der Waals surface area contributed by atoms with Crippen LogP contribution in [0.15, 0.2) is 11.7 Å². The van der Waals surface area contributed by atoms with Crippen LogP contribution >= 0.6 is 11.3 Å². The number of nitrogens with zero attached hydrogens (tertiary/aromatic N) is 1. The molecule has 2 N–H and O–H groups in total. The molecule has 1 fully saturated rings. The monoisotopic (exact) mass is 267 g/mol. The number of hydrogen-bond donors (Lipinski definition) is 2. The van der Waals surface area contributed by atoms with E-state index in [1.807, 2.05) is 13.8 Å². The number of piperidine rings is 1. The largest absolute Gasteiger partial charge is 0.351 e. The average molecular weight is 267 g/mol.